The van der Waals surface area contributed by atoms with E-state index in [0.717, 1.165) is 6.42 Å². The van der Waals surface area contributed by atoms with Gasteiger partial charge in [-0.25, -0.2) is 0 Å². The van der Waals surface area contributed by atoms with E-state index in [0.29, 0.717) is 11.8 Å². The molecular weight excluding hydrogens is 230 g/mol. The van der Waals surface area contributed by atoms with Gasteiger partial charge >= 0.3 is 0 Å². The first kappa shape index (κ1) is 12.2. The molecule has 1 aliphatic heterocycles. The van der Waals surface area contributed by atoms with Crippen LogP contribution in [0.15, 0.2) is 76.5 Å². The Bertz CT molecular complexity index is 606. The lowest BCUT2D eigenvalue weighted by Gasteiger charge is -2.41. The standard InChI is InChI=1S/C18H19N/c1-4-14-10-5-6-11-15-17(14)16-12(2)8-7-9-13(3)19-18(15)16/h4-8,10-11,16-17H,2,9H2,1,3H3/b8-7-,14-4-,19-13-/t16?,17-/m1/s1. The van der Waals surface area contributed by atoms with Crippen LogP contribution in [-0.2, 0) is 0 Å². The van der Waals surface area contributed by atoms with E-state index < -0.39 is 0 Å². The van der Waals surface area contributed by atoms with Crippen LogP contribution >= 0.6 is 0 Å². The first-order valence-corrected chi connectivity index (χ1v) is 6.87. The van der Waals surface area contributed by atoms with E-state index in [4.69, 9.17) is 4.99 Å². The highest BCUT2D eigenvalue weighted by Crippen LogP contribution is 2.51. The smallest absolute Gasteiger partial charge is 0.0525 e. The first-order valence-electron chi connectivity index (χ1n) is 6.87. The number of nitrogens with zero attached hydrogens (tertiary/aromatic N) is 1. The molecule has 3 aliphatic rings. The van der Waals surface area contributed by atoms with E-state index in [1.165, 1.54) is 28.1 Å². The second-order valence-electron chi connectivity index (χ2n) is 5.33. The fraction of sp³-hybridized carbons (Fsp3) is 0.278. The summed E-state index contributed by atoms with van der Waals surface area (Å²) in [6.45, 7) is 8.46. The minimum atomic E-state index is 0.347. The summed E-state index contributed by atoms with van der Waals surface area (Å²) in [4.78, 5) is 4.83. The van der Waals surface area contributed by atoms with Crippen LogP contribution in [0.4, 0.5) is 0 Å². The molecule has 96 valence electrons. The van der Waals surface area contributed by atoms with E-state index in [1.807, 2.05) is 0 Å². The fourth-order valence-corrected chi connectivity index (χ4v) is 3.11. The quantitative estimate of drug-likeness (QED) is 0.598. The third kappa shape index (κ3) is 1.90. The largest absolute Gasteiger partial charge is 0.261 e. The molecule has 0 saturated heterocycles. The monoisotopic (exact) mass is 249 g/mol. The molecule has 1 heteroatoms. The number of rotatable bonds is 0. The van der Waals surface area contributed by atoms with Crippen molar-refractivity contribution in [2.45, 2.75) is 20.3 Å². The van der Waals surface area contributed by atoms with Crippen LogP contribution in [0.5, 0.6) is 0 Å². The van der Waals surface area contributed by atoms with Crippen LogP contribution in [0.2, 0.25) is 0 Å². The molecule has 1 unspecified atom stereocenters. The van der Waals surface area contributed by atoms with Gasteiger partial charge in [-0.3, -0.25) is 4.99 Å². The molecule has 0 aromatic heterocycles. The molecule has 0 N–H and O–H groups in total. The van der Waals surface area contributed by atoms with Crippen molar-refractivity contribution in [3.8, 4) is 0 Å². The van der Waals surface area contributed by atoms with Crippen molar-refractivity contribution in [2.24, 2.45) is 16.8 Å². The van der Waals surface area contributed by atoms with Crippen LogP contribution in [0, 0.1) is 11.8 Å². The zero-order valence-corrected chi connectivity index (χ0v) is 11.6. The van der Waals surface area contributed by atoms with Crippen molar-refractivity contribution in [2.75, 3.05) is 0 Å². The van der Waals surface area contributed by atoms with E-state index in [2.05, 4.69) is 63.0 Å². The molecule has 19 heavy (non-hydrogen) atoms. The third-order valence-electron chi connectivity index (χ3n) is 4.08. The highest BCUT2D eigenvalue weighted by atomic mass is 14.8. The lowest BCUT2D eigenvalue weighted by Crippen LogP contribution is -2.32. The molecule has 3 rings (SSSR count). The maximum atomic E-state index is 4.83. The number of hydrogen-bond acceptors (Lipinski definition) is 1. The van der Waals surface area contributed by atoms with Gasteiger partial charge in [0.25, 0.3) is 0 Å². The van der Waals surface area contributed by atoms with Gasteiger partial charge in [-0.15, -0.1) is 0 Å². The van der Waals surface area contributed by atoms with Crippen molar-refractivity contribution in [1.29, 1.82) is 0 Å². The molecule has 2 aliphatic carbocycles. The summed E-state index contributed by atoms with van der Waals surface area (Å²) in [6, 6.07) is 0. The molecule has 0 radical (unpaired) electrons. The van der Waals surface area contributed by atoms with Gasteiger partial charge in [0, 0.05) is 24.0 Å². The fourth-order valence-electron chi connectivity index (χ4n) is 3.11. The van der Waals surface area contributed by atoms with Crippen LogP contribution < -0.4 is 0 Å². The maximum Gasteiger partial charge on any atom is 0.0525 e. The summed E-state index contributed by atoms with van der Waals surface area (Å²) in [6.07, 6.45) is 16.1. The van der Waals surface area contributed by atoms with E-state index >= 15 is 0 Å². The van der Waals surface area contributed by atoms with Crippen molar-refractivity contribution in [1.82, 2.24) is 0 Å². The van der Waals surface area contributed by atoms with Crippen LogP contribution in [0.1, 0.15) is 20.3 Å². The van der Waals surface area contributed by atoms with Crippen molar-refractivity contribution >= 4 is 5.71 Å². The van der Waals surface area contributed by atoms with Crippen LogP contribution in [0.25, 0.3) is 0 Å². The molecule has 1 heterocycles. The second-order valence-corrected chi connectivity index (χ2v) is 5.33. The summed E-state index contributed by atoms with van der Waals surface area (Å²) in [7, 11) is 0. The van der Waals surface area contributed by atoms with Gasteiger partial charge in [-0.2, -0.15) is 0 Å². The minimum Gasteiger partial charge on any atom is -0.261 e. The van der Waals surface area contributed by atoms with Gasteiger partial charge in [0.1, 0.15) is 0 Å². The Morgan fingerprint density at radius 2 is 2.00 bits per heavy atom. The van der Waals surface area contributed by atoms with Gasteiger partial charge < -0.3 is 0 Å². The van der Waals surface area contributed by atoms with Gasteiger partial charge in [-0.05, 0) is 30.6 Å². The zero-order valence-electron chi connectivity index (χ0n) is 11.6. The molecule has 0 saturated carbocycles. The third-order valence-corrected chi connectivity index (χ3v) is 4.08. The topological polar surface area (TPSA) is 12.4 Å². The Kier molecular flexibility index (Phi) is 2.98. The van der Waals surface area contributed by atoms with E-state index in [1.54, 1.807) is 0 Å². The van der Waals surface area contributed by atoms with Crippen LogP contribution in [-0.4, -0.2) is 5.71 Å². The molecule has 1 nitrogen and oxygen atoms in total. The summed E-state index contributed by atoms with van der Waals surface area (Å²) in [5.74, 6) is 0.780. The molecule has 0 fully saturated rings. The molecule has 0 aromatic rings. The summed E-state index contributed by atoms with van der Waals surface area (Å²) >= 11 is 0. The predicted octanol–water partition coefficient (Wildman–Crippen LogP) is 4.54. The number of fused-ring (bicyclic) bond motifs is 3. The normalized spacial score (nSPS) is 35.6. The molecule has 2 atom stereocenters. The molecule has 0 spiro atoms. The van der Waals surface area contributed by atoms with E-state index in [9.17, 15) is 0 Å². The Hall–Kier alpha value is -1.89. The van der Waals surface area contributed by atoms with Gasteiger partial charge in [0.05, 0.1) is 5.70 Å². The number of hydrogen-bond donors (Lipinski definition) is 0. The first-order chi connectivity index (χ1) is 9.22. The van der Waals surface area contributed by atoms with Crippen molar-refractivity contribution in [3.05, 3.63) is 71.5 Å². The predicted molar refractivity (Wildman–Crippen MR) is 82.0 cm³/mol. The lowest BCUT2D eigenvalue weighted by atomic mass is 9.64. The van der Waals surface area contributed by atoms with Gasteiger partial charge in [0.15, 0.2) is 0 Å². The lowest BCUT2D eigenvalue weighted by molar-refractivity contribution is 0.493. The Balaban J connectivity index is 2.15. The Morgan fingerprint density at radius 1 is 1.21 bits per heavy atom. The Labute approximate surface area is 115 Å². The van der Waals surface area contributed by atoms with Crippen molar-refractivity contribution in [3.63, 3.8) is 0 Å². The summed E-state index contributed by atoms with van der Waals surface area (Å²) < 4.78 is 0. The van der Waals surface area contributed by atoms with Crippen LogP contribution in [0.3, 0.4) is 0 Å². The molecule has 0 aromatic carbocycles. The van der Waals surface area contributed by atoms with Gasteiger partial charge in [0.2, 0.25) is 0 Å². The summed E-state index contributed by atoms with van der Waals surface area (Å²) in [5, 5.41) is 0. The molecule has 0 bridgehead atoms. The van der Waals surface area contributed by atoms with E-state index in [-0.39, 0.29) is 0 Å². The maximum absolute atomic E-state index is 4.83. The minimum absolute atomic E-state index is 0.347. The highest BCUT2D eigenvalue weighted by Gasteiger charge is 2.42. The van der Waals surface area contributed by atoms with Gasteiger partial charge in [-0.1, -0.05) is 49.1 Å². The average Bonchev–Trinajstić information content (AvgIpc) is 2.55. The zero-order chi connectivity index (χ0) is 13.4. The SMILES string of the molecule is C=C1/C=C\C/C(C)=N\C2=C3C=CC=C/C(=C/C)[C@H]3C12. The molecular formula is C18H19N. The molecule has 0 amide bonds. The average molecular weight is 249 g/mol. The summed E-state index contributed by atoms with van der Waals surface area (Å²) in [5.41, 5.74) is 6.32. The Morgan fingerprint density at radius 3 is 2.79 bits per heavy atom. The second kappa shape index (κ2) is 4.65. The number of aliphatic imine (C=N–C) groups is 1. The number of allylic oxidation sites excluding steroid dienone is 10. The van der Waals surface area contributed by atoms with Crippen molar-refractivity contribution < 1.29 is 0 Å². The highest BCUT2D eigenvalue weighted by molar-refractivity contribution is 5.85.